The van der Waals surface area contributed by atoms with E-state index in [0.717, 1.165) is 50.2 Å². The van der Waals surface area contributed by atoms with Gasteiger partial charge >= 0.3 is 0 Å². The van der Waals surface area contributed by atoms with Crippen LogP contribution < -0.4 is 4.74 Å². The molecule has 0 spiro atoms. The quantitative estimate of drug-likeness (QED) is 0.859. The highest BCUT2D eigenvalue weighted by Crippen LogP contribution is 2.34. The van der Waals surface area contributed by atoms with E-state index >= 15 is 0 Å². The topological polar surface area (TPSA) is 32.8 Å². The van der Waals surface area contributed by atoms with Crippen LogP contribution in [-0.4, -0.2) is 54.5 Å². The van der Waals surface area contributed by atoms with Crippen LogP contribution in [0.15, 0.2) is 24.3 Å². The first-order valence-electron chi connectivity index (χ1n) is 8.47. The minimum Gasteiger partial charge on any atom is -0.490 e. The molecule has 22 heavy (non-hydrogen) atoms. The molecule has 4 rings (SSSR count). The lowest BCUT2D eigenvalue weighted by Crippen LogP contribution is -2.48. The molecular weight excluding hydrogens is 276 g/mol. The van der Waals surface area contributed by atoms with Crippen LogP contribution in [0.2, 0.25) is 0 Å². The van der Waals surface area contributed by atoms with Crippen molar-refractivity contribution in [3.63, 3.8) is 0 Å². The van der Waals surface area contributed by atoms with Gasteiger partial charge in [-0.3, -0.25) is 4.79 Å². The van der Waals surface area contributed by atoms with Gasteiger partial charge in [-0.2, -0.15) is 0 Å². The number of ether oxygens (including phenoxy) is 1. The molecule has 1 aromatic rings. The molecule has 1 saturated carbocycles. The maximum atomic E-state index is 13.1. The fourth-order valence-electron chi connectivity index (χ4n) is 3.91. The Morgan fingerprint density at radius 2 is 2.00 bits per heavy atom. The molecule has 1 aromatic carbocycles. The molecule has 118 valence electrons. The number of nitrogens with zero attached hydrogens (tertiary/aromatic N) is 2. The number of benzene rings is 1. The van der Waals surface area contributed by atoms with E-state index < -0.39 is 0 Å². The fraction of sp³-hybridized carbons (Fsp3) is 0.611. The van der Waals surface area contributed by atoms with Crippen molar-refractivity contribution in [3.8, 4) is 5.75 Å². The van der Waals surface area contributed by atoms with Gasteiger partial charge in [-0.15, -0.1) is 0 Å². The normalized spacial score (nSPS) is 28.5. The molecular formula is C18H24N2O2. The van der Waals surface area contributed by atoms with E-state index in [2.05, 4.69) is 16.8 Å². The zero-order chi connectivity index (χ0) is 15.1. The van der Waals surface area contributed by atoms with Crippen LogP contribution in [0.4, 0.5) is 0 Å². The predicted molar refractivity (Wildman–Crippen MR) is 85.1 cm³/mol. The summed E-state index contributed by atoms with van der Waals surface area (Å²) in [7, 11) is 2.16. The molecule has 1 aliphatic carbocycles. The first-order valence-corrected chi connectivity index (χ1v) is 8.47. The van der Waals surface area contributed by atoms with Crippen molar-refractivity contribution in [1.82, 2.24) is 9.80 Å². The van der Waals surface area contributed by atoms with E-state index in [4.69, 9.17) is 4.74 Å². The summed E-state index contributed by atoms with van der Waals surface area (Å²) < 4.78 is 5.94. The number of fused-ring (bicyclic) bond motifs is 1. The van der Waals surface area contributed by atoms with Crippen LogP contribution in [0.5, 0.6) is 5.75 Å². The molecule has 4 heteroatoms. The number of para-hydroxylation sites is 1. The standard InChI is InChI=1S/C18H24N2O2/c1-19-11-13-5-4-10-20(16(13)12-19)18(21)15-6-2-3-7-17(15)22-14-8-9-14/h2-3,6-7,13-14,16H,4-5,8-12H2,1H3/t13-,16+/m0/s1. The number of carbonyl (C=O) groups is 1. The van der Waals surface area contributed by atoms with Crippen LogP contribution in [0.1, 0.15) is 36.0 Å². The summed E-state index contributed by atoms with van der Waals surface area (Å²) >= 11 is 0. The highest BCUT2D eigenvalue weighted by Gasteiger charge is 2.40. The Labute approximate surface area is 132 Å². The number of hydrogen-bond donors (Lipinski definition) is 0. The van der Waals surface area contributed by atoms with E-state index in [-0.39, 0.29) is 5.91 Å². The summed E-state index contributed by atoms with van der Waals surface area (Å²) in [6.45, 7) is 3.00. The largest absolute Gasteiger partial charge is 0.490 e. The summed E-state index contributed by atoms with van der Waals surface area (Å²) in [5.74, 6) is 1.56. The lowest BCUT2D eigenvalue weighted by atomic mass is 9.91. The number of amides is 1. The van der Waals surface area contributed by atoms with Crippen molar-refractivity contribution < 1.29 is 9.53 Å². The van der Waals surface area contributed by atoms with Crippen molar-refractivity contribution >= 4 is 5.91 Å². The molecule has 0 aromatic heterocycles. The van der Waals surface area contributed by atoms with Gasteiger partial charge in [0.2, 0.25) is 0 Å². The molecule has 0 radical (unpaired) electrons. The van der Waals surface area contributed by atoms with Crippen molar-refractivity contribution in [2.75, 3.05) is 26.7 Å². The zero-order valence-corrected chi connectivity index (χ0v) is 13.2. The Balaban J connectivity index is 1.58. The molecule has 0 unspecified atom stereocenters. The highest BCUT2D eigenvalue weighted by molar-refractivity contribution is 5.97. The predicted octanol–water partition coefficient (Wildman–Crippen LogP) is 2.39. The first kappa shape index (κ1) is 14.1. The van der Waals surface area contributed by atoms with Crippen molar-refractivity contribution in [1.29, 1.82) is 0 Å². The van der Waals surface area contributed by atoms with Crippen LogP contribution in [0.3, 0.4) is 0 Å². The second kappa shape index (κ2) is 5.58. The van der Waals surface area contributed by atoms with Crippen LogP contribution in [0, 0.1) is 5.92 Å². The second-order valence-electron chi connectivity index (χ2n) is 7.00. The summed E-state index contributed by atoms with van der Waals surface area (Å²) in [5, 5.41) is 0. The molecule has 0 bridgehead atoms. The highest BCUT2D eigenvalue weighted by atomic mass is 16.5. The maximum absolute atomic E-state index is 13.1. The van der Waals surface area contributed by atoms with E-state index in [1.165, 1.54) is 6.42 Å². The fourth-order valence-corrected chi connectivity index (χ4v) is 3.91. The Hall–Kier alpha value is -1.55. The zero-order valence-electron chi connectivity index (χ0n) is 13.2. The molecule has 2 atom stereocenters. The average Bonchev–Trinajstić information content (AvgIpc) is 3.25. The number of carbonyl (C=O) groups excluding carboxylic acids is 1. The Kier molecular flexibility index (Phi) is 3.57. The van der Waals surface area contributed by atoms with Gasteiger partial charge in [0.05, 0.1) is 11.7 Å². The van der Waals surface area contributed by atoms with E-state index in [1.807, 2.05) is 24.3 Å². The van der Waals surface area contributed by atoms with Crippen molar-refractivity contribution in [2.45, 2.75) is 37.8 Å². The minimum atomic E-state index is 0.154. The van der Waals surface area contributed by atoms with E-state index in [1.54, 1.807) is 0 Å². The Morgan fingerprint density at radius 3 is 2.82 bits per heavy atom. The molecule has 0 N–H and O–H groups in total. The van der Waals surface area contributed by atoms with Crippen LogP contribution >= 0.6 is 0 Å². The van der Waals surface area contributed by atoms with Gasteiger partial charge in [-0.05, 0) is 50.8 Å². The first-order chi connectivity index (χ1) is 10.7. The van der Waals surface area contributed by atoms with E-state index in [9.17, 15) is 4.79 Å². The smallest absolute Gasteiger partial charge is 0.257 e. The van der Waals surface area contributed by atoms with Crippen LogP contribution in [0.25, 0.3) is 0 Å². The third kappa shape index (κ3) is 2.60. The monoisotopic (exact) mass is 300 g/mol. The summed E-state index contributed by atoms with van der Waals surface area (Å²) in [6, 6.07) is 8.13. The van der Waals surface area contributed by atoms with Gasteiger partial charge in [-0.1, -0.05) is 12.1 Å². The molecule has 4 nitrogen and oxygen atoms in total. The Morgan fingerprint density at radius 1 is 1.18 bits per heavy atom. The van der Waals surface area contributed by atoms with Gasteiger partial charge in [0.1, 0.15) is 5.75 Å². The lowest BCUT2D eigenvalue weighted by molar-refractivity contribution is 0.0567. The number of hydrogen-bond acceptors (Lipinski definition) is 3. The second-order valence-corrected chi connectivity index (χ2v) is 7.00. The summed E-state index contributed by atoms with van der Waals surface area (Å²) in [5.41, 5.74) is 0.740. The third-order valence-electron chi connectivity index (χ3n) is 5.16. The van der Waals surface area contributed by atoms with Crippen molar-refractivity contribution in [2.24, 2.45) is 5.92 Å². The molecule has 1 amide bonds. The third-order valence-corrected chi connectivity index (χ3v) is 5.16. The molecule has 3 fully saturated rings. The van der Waals surface area contributed by atoms with E-state index in [0.29, 0.717) is 18.1 Å². The minimum absolute atomic E-state index is 0.154. The number of likely N-dealkylation sites (N-methyl/N-ethyl adjacent to an activating group) is 1. The van der Waals surface area contributed by atoms with Crippen molar-refractivity contribution in [3.05, 3.63) is 29.8 Å². The average molecular weight is 300 g/mol. The number of rotatable bonds is 3. The van der Waals surface area contributed by atoms with Gasteiger partial charge in [0.25, 0.3) is 5.91 Å². The Bertz CT molecular complexity index is 570. The molecule has 2 saturated heterocycles. The van der Waals surface area contributed by atoms with Crippen LogP contribution in [-0.2, 0) is 0 Å². The molecule has 3 aliphatic rings. The molecule has 2 heterocycles. The van der Waals surface area contributed by atoms with Gasteiger partial charge in [-0.25, -0.2) is 0 Å². The number of likely N-dealkylation sites (tertiary alicyclic amines) is 2. The SMILES string of the molecule is CN1C[C@@H]2CCCN(C(=O)c3ccccc3OC3CC3)[C@@H]2C1. The van der Waals surface area contributed by atoms with Gasteiger partial charge in [0.15, 0.2) is 0 Å². The summed E-state index contributed by atoms with van der Waals surface area (Å²) in [6.07, 6.45) is 4.91. The van der Waals surface area contributed by atoms with Gasteiger partial charge < -0.3 is 14.5 Å². The summed E-state index contributed by atoms with van der Waals surface area (Å²) in [4.78, 5) is 17.6. The van der Waals surface area contributed by atoms with Gasteiger partial charge in [0, 0.05) is 25.7 Å². The maximum Gasteiger partial charge on any atom is 0.257 e. The molecule has 2 aliphatic heterocycles. The number of piperidine rings is 1. The lowest BCUT2D eigenvalue weighted by Gasteiger charge is -2.37.